The van der Waals surface area contributed by atoms with Crippen LogP contribution in [0.3, 0.4) is 0 Å². The second-order valence-corrected chi connectivity index (χ2v) is 4.67. The van der Waals surface area contributed by atoms with Gasteiger partial charge in [0.2, 0.25) is 0 Å². The van der Waals surface area contributed by atoms with Crippen molar-refractivity contribution in [3.8, 4) is 5.75 Å². The first kappa shape index (κ1) is 12.1. The Kier molecular flexibility index (Phi) is 4.17. The summed E-state index contributed by atoms with van der Waals surface area (Å²) in [5.74, 6) is 0.286. The maximum Gasteiger partial charge on any atom is 0.268 e. The summed E-state index contributed by atoms with van der Waals surface area (Å²) >= 11 is 0. The van der Waals surface area contributed by atoms with Crippen molar-refractivity contribution in [2.45, 2.75) is 6.32 Å². The predicted octanol–water partition coefficient (Wildman–Crippen LogP) is 0.0863. The highest BCUT2D eigenvalue weighted by Gasteiger charge is 2.06. The zero-order valence-electron chi connectivity index (χ0n) is 8.51. The summed E-state index contributed by atoms with van der Waals surface area (Å²) in [6.07, 6.45) is 0.821. The molecule has 0 saturated heterocycles. The van der Waals surface area contributed by atoms with Crippen LogP contribution in [0, 0.1) is 0 Å². The Balaban J connectivity index is 2.58. The summed E-state index contributed by atoms with van der Waals surface area (Å²) in [5.41, 5.74) is 1.02. The fourth-order valence-corrected chi connectivity index (χ4v) is 1.49. The fourth-order valence-electron chi connectivity index (χ4n) is 1.19. The summed E-state index contributed by atoms with van der Waals surface area (Å²) < 4.78 is 34.7. The number of ether oxygens (including phenoxy) is 1. The number of hydrogen-bond donors (Lipinski definition) is 1. The quantitative estimate of drug-likeness (QED) is 0.572. The van der Waals surface area contributed by atoms with E-state index in [-0.39, 0.29) is 12.4 Å². The van der Waals surface area contributed by atoms with Crippen molar-refractivity contribution in [2.24, 2.45) is 0 Å². The van der Waals surface area contributed by atoms with Crippen LogP contribution in [0.2, 0.25) is 0 Å². The van der Waals surface area contributed by atoms with Crippen molar-refractivity contribution in [1.29, 1.82) is 0 Å². The van der Waals surface area contributed by atoms with Gasteiger partial charge >= 0.3 is 0 Å². The van der Waals surface area contributed by atoms with Crippen molar-refractivity contribution < 1.29 is 17.7 Å². The van der Waals surface area contributed by atoms with Crippen molar-refractivity contribution in [1.82, 2.24) is 0 Å². The minimum absolute atomic E-state index is 0.0319. The van der Waals surface area contributed by atoms with E-state index in [0.29, 0.717) is 5.75 Å². The van der Waals surface area contributed by atoms with Gasteiger partial charge in [-0.2, -0.15) is 8.42 Å². The number of para-hydroxylation sites is 1. The van der Waals surface area contributed by atoms with Gasteiger partial charge < -0.3 is 4.74 Å². The van der Waals surface area contributed by atoms with E-state index in [1.807, 2.05) is 26.0 Å². The van der Waals surface area contributed by atoms with E-state index < -0.39 is 10.1 Å². The Morgan fingerprint density at radius 2 is 2.00 bits per heavy atom. The molecule has 1 N–H and O–H groups in total. The molecule has 6 heteroatoms. The van der Waals surface area contributed by atoms with Crippen LogP contribution < -0.4 is 4.74 Å². The van der Waals surface area contributed by atoms with Gasteiger partial charge in [-0.25, -0.2) is 0 Å². The molecule has 0 atom stereocenters. The van der Waals surface area contributed by atoms with E-state index in [2.05, 4.69) is 0 Å². The molecule has 0 spiro atoms. The first-order chi connectivity index (χ1) is 7.03. The molecule has 0 aromatic heterocycles. The average Bonchev–Trinajstić information content (AvgIpc) is 2.16. The van der Waals surface area contributed by atoms with Crippen LogP contribution >= 0.6 is 0 Å². The Morgan fingerprint density at radius 1 is 1.33 bits per heavy atom. The second kappa shape index (κ2) is 5.18. The Hall–Kier alpha value is -1.01. The molecule has 1 aromatic carbocycles. The van der Waals surface area contributed by atoms with Crippen molar-refractivity contribution in [3.63, 3.8) is 0 Å². The molecule has 0 aliphatic heterocycles. The molecule has 0 aliphatic rings. The van der Waals surface area contributed by atoms with Crippen LogP contribution in [0.15, 0.2) is 24.3 Å². The third-order valence-corrected chi connectivity index (χ3v) is 2.63. The van der Waals surface area contributed by atoms with Crippen LogP contribution in [-0.4, -0.2) is 33.2 Å². The third kappa shape index (κ3) is 4.35. The summed E-state index contributed by atoms with van der Waals surface area (Å²) in [7, 11) is -1.95. The lowest BCUT2D eigenvalue weighted by molar-refractivity contribution is 0.333. The van der Waals surface area contributed by atoms with Gasteiger partial charge in [0.05, 0.1) is 0 Å². The van der Waals surface area contributed by atoms with Crippen LogP contribution in [0.1, 0.15) is 5.56 Å². The highest BCUT2D eigenvalue weighted by atomic mass is 32.2. The molecule has 0 fully saturated rings. The Labute approximate surface area is 90.4 Å². The van der Waals surface area contributed by atoms with E-state index in [1.54, 1.807) is 6.07 Å². The molecule has 0 aliphatic carbocycles. The van der Waals surface area contributed by atoms with E-state index in [1.165, 1.54) is 0 Å². The lowest BCUT2D eigenvalue weighted by Crippen LogP contribution is -2.13. The Bertz CT molecular complexity index is 416. The van der Waals surface area contributed by atoms with Crippen LogP contribution in [0.5, 0.6) is 5.75 Å². The molecular weight excluding hydrogens is 215 g/mol. The van der Waals surface area contributed by atoms with Gasteiger partial charge in [-0.05, 0) is 11.6 Å². The maximum atomic E-state index is 10.5. The molecule has 0 heterocycles. The predicted molar refractivity (Wildman–Crippen MR) is 60.6 cm³/mol. The van der Waals surface area contributed by atoms with E-state index >= 15 is 0 Å². The smallest absolute Gasteiger partial charge is 0.268 e. The standard InChI is InChI=1S/C9H13BO4S/c10-7-8-3-1-2-4-9(8)14-5-6-15(11,12)13/h1-4H,5-7,10H2,(H,11,12,13). The molecule has 0 amide bonds. The van der Waals surface area contributed by atoms with Crippen LogP contribution in [0.25, 0.3) is 0 Å². The fraction of sp³-hybridized carbons (Fsp3) is 0.333. The van der Waals surface area contributed by atoms with Gasteiger partial charge in [0.1, 0.15) is 26.0 Å². The van der Waals surface area contributed by atoms with Gasteiger partial charge in [-0.1, -0.05) is 24.5 Å². The van der Waals surface area contributed by atoms with E-state index in [9.17, 15) is 8.42 Å². The molecule has 0 saturated carbocycles. The molecule has 15 heavy (non-hydrogen) atoms. The van der Waals surface area contributed by atoms with E-state index in [0.717, 1.165) is 11.9 Å². The Morgan fingerprint density at radius 3 is 2.60 bits per heavy atom. The normalized spacial score (nSPS) is 11.3. The molecule has 0 bridgehead atoms. The summed E-state index contributed by atoms with van der Waals surface area (Å²) in [6.45, 7) is -0.0319. The van der Waals surface area contributed by atoms with Crippen LogP contribution in [-0.2, 0) is 16.4 Å². The highest BCUT2D eigenvalue weighted by molar-refractivity contribution is 7.85. The first-order valence-electron chi connectivity index (χ1n) is 4.69. The van der Waals surface area contributed by atoms with Crippen molar-refractivity contribution >= 4 is 18.0 Å². The van der Waals surface area contributed by atoms with Gasteiger partial charge in [0.15, 0.2) is 0 Å². The van der Waals surface area contributed by atoms with Gasteiger partial charge in [0, 0.05) is 0 Å². The lowest BCUT2D eigenvalue weighted by Gasteiger charge is -2.08. The zero-order valence-corrected chi connectivity index (χ0v) is 9.33. The monoisotopic (exact) mass is 228 g/mol. The molecule has 82 valence electrons. The zero-order chi connectivity index (χ0) is 11.3. The van der Waals surface area contributed by atoms with Gasteiger partial charge in [-0.15, -0.1) is 0 Å². The van der Waals surface area contributed by atoms with Crippen molar-refractivity contribution in [2.75, 3.05) is 12.4 Å². The summed E-state index contributed by atoms with van der Waals surface area (Å²) in [4.78, 5) is 0. The largest absolute Gasteiger partial charge is 0.492 e. The van der Waals surface area contributed by atoms with Gasteiger partial charge in [0.25, 0.3) is 10.1 Å². The van der Waals surface area contributed by atoms with Crippen molar-refractivity contribution in [3.05, 3.63) is 29.8 Å². The summed E-state index contributed by atoms with van der Waals surface area (Å²) in [5, 5.41) is 0. The lowest BCUT2D eigenvalue weighted by atomic mass is 9.96. The SMILES string of the molecule is BCc1ccccc1OCCS(=O)(=O)O. The maximum absolute atomic E-state index is 10.5. The summed E-state index contributed by atoms with van der Waals surface area (Å²) in [6, 6.07) is 7.42. The minimum atomic E-state index is -3.94. The van der Waals surface area contributed by atoms with Crippen LogP contribution in [0.4, 0.5) is 0 Å². The molecular formula is C9H13BO4S. The van der Waals surface area contributed by atoms with E-state index in [4.69, 9.17) is 9.29 Å². The third-order valence-electron chi connectivity index (χ3n) is 1.95. The number of benzene rings is 1. The topological polar surface area (TPSA) is 63.6 Å². The molecule has 0 radical (unpaired) electrons. The average molecular weight is 228 g/mol. The van der Waals surface area contributed by atoms with Gasteiger partial charge in [-0.3, -0.25) is 4.55 Å². The number of rotatable bonds is 5. The molecule has 1 rings (SSSR count). The highest BCUT2D eigenvalue weighted by Crippen LogP contribution is 2.17. The first-order valence-corrected chi connectivity index (χ1v) is 6.29. The second-order valence-electron chi connectivity index (χ2n) is 3.10. The molecule has 0 unspecified atom stereocenters. The number of hydrogen-bond acceptors (Lipinski definition) is 3. The molecule has 1 aromatic rings. The molecule has 4 nitrogen and oxygen atoms in total. The minimum Gasteiger partial charge on any atom is -0.492 e.